The van der Waals surface area contributed by atoms with Crippen molar-refractivity contribution >= 4 is 32.6 Å². The van der Waals surface area contributed by atoms with Gasteiger partial charge in [-0.05, 0) is 90.8 Å². The lowest BCUT2D eigenvalue weighted by Gasteiger charge is -2.17. The van der Waals surface area contributed by atoms with Gasteiger partial charge in [-0.2, -0.15) is 4.80 Å². The molecule has 220 valence electrons. The quantitative estimate of drug-likeness (QED) is 0.185. The highest BCUT2D eigenvalue weighted by molar-refractivity contribution is 6.21. The minimum absolute atomic E-state index is 0.863. The minimum Gasteiger partial charge on any atom is -0.264 e. The van der Waals surface area contributed by atoms with E-state index in [2.05, 4.69) is 151 Å². The number of hydrogen-bond acceptors (Lipinski definition) is 3. The van der Waals surface area contributed by atoms with Crippen molar-refractivity contribution in [2.24, 2.45) is 0 Å². The van der Waals surface area contributed by atoms with Crippen LogP contribution >= 0.6 is 0 Å². The third-order valence-corrected chi connectivity index (χ3v) is 8.97. The molecule has 4 heteroatoms. The Kier molecular flexibility index (Phi) is 6.43. The first kappa shape index (κ1) is 27.0. The Balaban J connectivity index is 1.08. The molecule has 0 saturated heterocycles. The molecule has 0 fully saturated rings. The van der Waals surface area contributed by atoms with Crippen molar-refractivity contribution < 1.29 is 0 Å². The second-order valence-corrected chi connectivity index (χ2v) is 11.8. The Morgan fingerprint density at radius 1 is 0.362 bits per heavy atom. The molecule has 2 heterocycles. The standard InChI is InChI=1S/C43H28N4/c1-2-9-29(10-3-1)30-16-18-31(19-17-30)33-22-25-40-41(27-33)46-47(45-40)35-23-20-32(21-24-35)42-36-12-4-6-14-38(36)43(34-11-8-26-44-28-34)39-15-7-5-13-37(39)42/h1-28H. The maximum atomic E-state index is 4.88. The maximum Gasteiger partial charge on any atom is 0.114 e. The van der Waals surface area contributed by atoms with Crippen LogP contribution in [0.1, 0.15) is 0 Å². The number of hydrogen-bond donors (Lipinski definition) is 0. The van der Waals surface area contributed by atoms with Crippen LogP contribution in [-0.2, 0) is 0 Å². The van der Waals surface area contributed by atoms with Crippen molar-refractivity contribution in [1.82, 2.24) is 20.0 Å². The van der Waals surface area contributed by atoms with Crippen LogP contribution in [0, 0.1) is 0 Å². The van der Waals surface area contributed by atoms with Crippen molar-refractivity contribution in [3.05, 3.63) is 170 Å². The molecule has 0 bridgehead atoms. The fourth-order valence-corrected chi connectivity index (χ4v) is 6.72. The molecule has 0 radical (unpaired) electrons. The Hall–Kier alpha value is -6.39. The van der Waals surface area contributed by atoms with E-state index >= 15 is 0 Å². The molecule has 2 aromatic heterocycles. The van der Waals surface area contributed by atoms with Crippen molar-refractivity contribution in [3.63, 3.8) is 0 Å². The van der Waals surface area contributed by atoms with E-state index in [0.29, 0.717) is 0 Å². The Morgan fingerprint density at radius 3 is 1.47 bits per heavy atom. The molecule has 47 heavy (non-hydrogen) atoms. The summed E-state index contributed by atoms with van der Waals surface area (Å²) in [5.41, 5.74) is 12.0. The molecule has 0 amide bonds. The van der Waals surface area contributed by atoms with Gasteiger partial charge in [0.25, 0.3) is 0 Å². The van der Waals surface area contributed by atoms with E-state index < -0.39 is 0 Å². The lowest BCUT2D eigenvalue weighted by atomic mass is 9.86. The molecule has 0 saturated carbocycles. The largest absolute Gasteiger partial charge is 0.264 e. The van der Waals surface area contributed by atoms with E-state index in [0.717, 1.165) is 39.0 Å². The number of benzene rings is 7. The molecule has 0 spiro atoms. The van der Waals surface area contributed by atoms with Gasteiger partial charge in [-0.15, -0.1) is 10.2 Å². The van der Waals surface area contributed by atoms with Crippen LogP contribution in [0.25, 0.3) is 82.8 Å². The molecular formula is C43H28N4. The summed E-state index contributed by atoms with van der Waals surface area (Å²) < 4.78 is 0. The fraction of sp³-hybridized carbons (Fsp3) is 0. The molecular weight excluding hydrogens is 573 g/mol. The second kappa shape index (κ2) is 11.2. The minimum atomic E-state index is 0.863. The predicted molar refractivity (Wildman–Crippen MR) is 193 cm³/mol. The number of pyridine rings is 1. The summed E-state index contributed by atoms with van der Waals surface area (Å²) in [6.45, 7) is 0. The molecule has 0 N–H and O–H groups in total. The summed E-state index contributed by atoms with van der Waals surface area (Å²) >= 11 is 0. The molecule has 9 aromatic rings. The smallest absolute Gasteiger partial charge is 0.114 e. The third kappa shape index (κ3) is 4.75. The van der Waals surface area contributed by atoms with Crippen molar-refractivity contribution in [1.29, 1.82) is 0 Å². The first-order valence-electron chi connectivity index (χ1n) is 15.8. The Labute approximate surface area is 272 Å². The number of rotatable bonds is 5. The summed E-state index contributed by atoms with van der Waals surface area (Å²) in [4.78, 5) is 6.16. The van der Waals surface area contributed by atoms with Crippen LogP contribution < -0.4 is 0 Å². The van der Waals surface area contributed by atoms with Gasteiger partial charge >= 0.3 is 0 Å². The Morgan fingerprint density at radius 2 is 0.851 bits per heavy atom. The lowest BCUT2D eigenvalue weighted by molar-refractivity contribution is 0.766. The van der Waals surface area contributed by atoms with E-state index in [1.807, 2.05) is 24.5 Å². The average Bonchev–Trinajstić information content (AvgIpc) is 3.58. The van der Waals surface area contributed by atoms with Gasteiger partial charge in [0, 0.05) is 18.0 Å². The average molecular weight is 601 g/mol. The van der Waals surface area contributed by atoms with E-state index in [1.165, 1.54) is 43.8 Å². The normalized spacial score (nSPS) is 11.4. The zero-order valence-corrected chi connectivity index (χ0v) is 25.5. The van der Waals surface area contributed by atoms with Crippen LogP contribution in [0.5, 0.6) is 0 Å². The fourth-order valence-electron chi connectivity index (χ4n) is 6.72. The summed E-state index contributed by atoms with van der Waals surface area (Å²) in [5, 5.41) is 14.5. The molecule has 0 aliphatic rings. The zero-order valence-electron chi connectivity index (χ0n) is 25.5. The highest BCUT2D eigenvalue weighted by Crippen LogP contribution is 2.43. The van der Waals surface area contributed by atoms with Crippen LogP contribution in [0.2, 0.25) is 0 Å². The van der Waals surface area contributed by atoms with E-state index in [9.17, 15) is 0 Å². The molecule has 0 unspecified atom stereocenters. The van der Waals surface area contributed by atoms with Gasteiger partial charge in [-0.25, -0.2) is 0 Å². The van der Waals surface area contributed by atoms with Gasteiger partial charge in [0.15, 0.2) is 0 Å². The van der Waals surface area contributed by atoms with Gasteiger partial charge in [-0.3, -0.25) is 4.98 Å². The van der Waals surface area contributed by atoms with Crippen LogP contribution in [-0.4, -0.2) is 20.0 Å². The summed E-state index contributed by atoms with van der Waals surface area (Å²) in [6, 6.07) is 55.5. The van der Waals surface area contributed by atoms with E-state index in [-0.39, 0.29) is 0 Å². The Bertz CT molecular complexity index is 2480. The summed E-state index contributed by atoms with van der Waals surface area (Å²) in [7, 11) is 0. The molecule has 0 atom stereocenters. The SMILES string of the molecule is c1ccc(-c2ccc(-c3ccc4nn(-c5ccc(-c6c7ccccc7c(-c7cccnc7)c7ccccc67)cc5)nc4c3)cc2)cc1. The predicted octanol–water partition coefficient (Wildman–Crippen LogP) is 10.8. The van der Waals surface area contributed by atoms with Crippen LogP contribution in [0.15, 0.2) is 170 Å². The molecule has 0 aliphatic carbocycles. The molecule has 0 aliphatic heterocycles. The number of fused-ring (bicyclic) bond motifs is 3. The topological polar surface area (TPSA) is 43.6 Å². The first-order valence-corrected chi connectivity index (χ1v) is 15.8. The highest BCUT2D eigenvalue weighted by Gasteiger charge is 2.17. The summed E-state index contributed by atoms with van der Waals surface area (Å²) in [5.74, 6) is 0. The third-order valence-electron chi connectivity index (χ3n) is 8.97. The zero-order chi connectivity index (χ0) is 31.2. The summed E-state index contributed by atoms with van der Waals surface area (Å²) in [6.07, 6.45) is 3.78. The molecule has 4 nitrogen and oxygen atoms in total. The van der Waals surface area contributed by atoms with Crippen molar-refractivity contribution in [2.75, 3.05) is 0 Å². The number of nitrogens with zero attached hydrogens (tertiary/aromatic N) is 4. The second-order valence-electron chi connectivity index (χ2n) is 11.8. The van der Waals surface area contributed by atoms with Crippen LogP contribution in [0.4, 0.5) is 0 Å². The lowest BCUT2D eigenvalue weighted by Crippen LogP contribution is -1.98. The highest BCUT2D eigenvalue weighted by atomic mass is 15.5. The van der Waals surface area contributed by atoms with Gasteiger partial charge in [0.05, 0.1) is 5.69 Å². The molecule has 7 aromatic carbocycles. The maximum absolute atomic E-state index is 4.88. The van der Waals surface area contributed by atoms with Gasteiger partial charge in [0.2, 0.25) is 0 Å². The van der Waals surface area contributed by atoms with Crippen molar-refractivity contribution in [3.8, 4) is 50.2 Å². The van der Waals surface area contributed by atoms with E-state index in [1.54, 1.807) is 4.80 Å². The number of aromatic nitrogens is 4. The van der Waals surface area contributed by atoms with Gasteiger partial charge in [0.1, 0.15) is 11.0 Å². The first-order chi connectivity index (χ1) is 23.3. The monoisotopic (exact) mass is 600 g/mol. The van der Waals surface area contributed by atoms with Gasteiger partial charge in [-0.1, -0.05) is 127 Å². The van der Waals surface area contributed by atoms with E-state index in [4.69, 9.17) is 10.2 Å². The van der Waals surface area contributed by atoms with Gasteiger partial charge < -0.3 is 0 Å². The van der Waals surface area contributed by atoms with Crippen LogP contribution in [0.3, 0.4) is 0 Å². The molecule has 9 rings (SSSR count). The van der Waals surface area contributed by atoms with Crippen molar-refractivity contribution in [2.45, 2.75) is 0 Å².